The molecule has 1 radical (unpaired) electrons. The highest BCUT2D eigenvalue weighted by atomic mass is 16.5. The molecule has 3 rings (SSSR count). The second-order valence-corrected chi connectivity index (χ2v) is 4.60. The molecule has 0 aliphatic carbocycles. The van der Waals surface area contributed by atoms with Gasteiger partial charge in [0, 0.05) is 6.07 Å². The number of para-hydroxylation sites is 2. The minimum Gasteiger partial charge on any atom is -0.457 e. The summed E-state index contributed by atoms with van der Waals surface area (Å²) in [6.45, 7) is 3.98. The summed E-state index contributed by atoms with van der Waals surface area (Å²) >= 11 is 0. The fourth-order valence-corrected chi connectivity index (χ4v) is 1.93. The van der Waals surface area contributed by atoms with Gasteiger partial charge in [0.15, 0.2) is 0 Å². The van der Waals surface area contributed by atoms with Crippen molar-refractivity contribution < 1.29 is 9.47 Å². The van der Waals surface area contributed by atoms with Crippen molar-refractivity contribution in [3.05, 3.63) is 91.3 Å². The van der Waals surface area contributed by atoms with Crippen molar-refractivity contribution in [2.45, 2.75) is 0 Å². The molecule has 0 aromatic heterocycles. The fraction of sp³-hybridized carbons (Fsp3) is 0. The zero-order valence-electron chi connectivity index (χ0n) is 11.5. The molecule has 21 heavy (non-hydrogen) atoms. The lowest BCUT2D eigenvalue weighted by Crippen LogP contribution is -1.89. The maximum absolute atomic E-state index is 5.84. The molecule has 2 nitrogen and oxygen atoms in total. The SMILES string of the molecule is [CH2]c1ccc(Oc2ccccc2)cc1Oc1ccccc1. The summed E-state index contributed by atoms with van der Waals surface area (Å²) in [6, 6.07) is 24.9. The van der Waals surface area contributed by atoms with Crippen LogP contribution in [0.3, 0.4) is 0 Å². The van der Waals surface area contributed by atoms with Gasteiger partial charge >= 0.3 is 0 Å². The van der Waals surface area contributed by atoms with Crippen LogP contribution >= 0.6 is 0 Å². The Morgan fingerprint density at radius 3 is 1.76 bits per heavy atom. The predicted octanol–water partition coefficient (Wildman–Crippen LogP) is 5.45. The van der Waals surface area contributed by atoms with E-state index >= 15 is 0 Å². The van der Waals surface area contributed by atoms with Gasteiger partial charge in [-0.25, -0.2) is 0 Å². The van der Waals surface area contributed by atoms with Crippen LogP contribution < -0.4 is 9.47 Å². The summed E-state index contributed by atoms with van der Waals surface area (Å²) in [5.41, 5.74) is 0.819. The second kappa shape index (κ2) is 6.14. The summed E-state index contributed by atoms with van der Waals surface area (Å²) < 4.78 is 11.6. The molecule has 0 atom stereocenters. The minimum absolute atomic E-state index is 0.689. The molecule has 0 N–H and O–H groups in total. The number of hydrogen-bond donors (Lipinski definition) is 0. The highest BCUT2D eigenvalue weighted by Gasteiger charge is 2.05. The quantitative estimate of drug-likeness (QED) is 0.630. The normalized spacial score (nSPS) is 10.1. The Labute approximate surface area is 124 Å². The van der Waals surface area contributed by atoms with Crippen LogP contribution in [0.4, 0.5) is 0 Å². The molecule has 0 heterocycles. The van der Waals surface area contributed by atoms with Gasteiger partial charge < -0.3 is 9.47 Å². The zero-order chi connectivity index (χ0) is 14.5. The fourth-order valence-electron chi connectivity index (χ4n) is 1.93. The molecule has 103 valence electrons. The Balaban J connectivity index is 1.83. The molecule has 2 heteroatoms. The Bertz CT molecular complexity index is 706. The molecule has 0 bridgehead atoms. The lowest BCUT2D eigenvalue weighted by Gasteiger charge is -2.11. The van der Waals surface area contributed by atoms with Gasteiger partial charge in [0.25, 0.3) is 0 Å². The van der Waals surface area contributed by atoms with Crippen molar-refractivity contribution >= 4 is 0 Å². The van der Waals surface area contributed by atoms with Crippen molar-refractivity contribution in [2.75, 3.05) is 0 Å². The minimum atomic E-state index is 0.689. The van der Waals surface area contributed by atoms with Gasteiger partial charge in [0.2, 0.25) is 0 Å². The van der Waals surface area contributed by atoms with Gasteiger partial charge in [-0.1, -0.05) is 42.5 Å². The molecule has 3 aromatic carbocycles. The highest BCUT2D eigenvalue weighted by molar-refractivity contribution is 5.46. The van der Waals surface area contributed by atoms with Crippen molar-refractivity contribution in [1.29, 1.82) is 0 Å². The molecule has 0 spiro atoms. The number of hydrogen-bond acceptors (Lipinski definition) is 2. The van der Waals surface area contributed by atoms with Crippen LogP contribution in [-0.2, 0) is 0 Å². The number of benzene rings is 3. The number of ether oxygens (including phenoxy) is 2. The van der Waals surface area contributed by atoms with Crippen LogP contribution in [0.25, 0.3) is 0 Å². The zero-order valence-corrected chi connectivity index (χ0v) is 11.5. The average molecular weight is 275 g/mol. The first-order valence-electron chi connectivity index (χ1n) is 6.73. The lowest BCUT2D eigenvalue weighted by molar-refractivity contribution is 0.459. The van der Waals surface area contributed by atoms with E-state index in [0.29, 0.717) is 5.75 Å². The largest absolute Gasteiger partial charge is 0.457 e. The maximum atomic E-state index is 5.84. The topological polar surface area (TPSA) is 18.5 Å². The van der Waals surface area contributed by atoms with Crippen molar-refractivity contribution in [1.82, 2.24) is 0 Å². The standard InChI is InChI=1S/C19H15O2/c1-15-12-13-18(20-16-8-4-2-5-9-16)14-19(15)21-17-10-6-3-7-11-17/h2-14H,1H2. The summed E-state index contributed by atoms with van der Waals surface area (Å²) in [5, 5.41) is 0. The third kappa shape index (κ3) is 3.42. The summed E-state index contributed by atoms with van der Waals surface area (Å²) in [6.07, 6.45) is 0. The van der Waals surface area contributed by atoms with Gasteiger partial charge in [-0.05, 0) is 42.8 Å². The monoisotopic (exact) mass is 275 g/mol. The lowest BCUT2D eigenvalue weighted by atomic mass is 10.2. The van der Waals surface area contributed by atoms with E-state index in [-0.39, 0.29) is 0 Å². The molecule has 0 unspecified atom stereocenters. The first-order chi connectivity index (χ1) is 10.3. The van der Waals surface area contributed by atoms with Crippen LogP contribution in [0.15, 0.2) is 78.9 Å². The second-order valence-electron chi connectivity index (χ2n) is 4.60. The van der Waals surface area contributed by atoms with Crippen LogP contribution in [0, 0.1) is 6.92 Å². The average Bonchev–Trinajstić information content (AvgIpc) is 2.53. The summed E-state index contributed by atoms with van der Waals surface area (Å²) in [7, 11) is 0. The Kier molecular flexibility index (Phi) is 3.88. The third-order valence-electron chi connectivity index (χ3n) is 2.99. The first-order valence-corrected chi connectivity index (χ1v) is 6.73. The van der Waals surface area contributed by atoms with Gasteiger partial charge in [-0.3, -0.25) is 0 Å². The molecule has 0 aliphatic heterocycles. The van der Waals surface area contributed by atoms with E-state index in [2.05, 4.69) is 6.92 Å². The third-order valence-corrected chi connectivity index (χ3v) is 2.99. The van der Waals surface area contributed by atoms with E-state index in [0.717, 1.165) is 22.8 Å². The molecular weight excluding hydrogens is 260 g/mol. The molecule has 0 saturated carbocycles. The van der Waals surface area contributed by atoms with Gasteiger partial charge in [-0.2, -0.15) is 0 Å². The van der Waals surface area contributed by atoms with Crippen LogP contribution in [0.2, 0.25) is 0 Å². The highest BCUT2D eigenvalue weighted by Crippen LogP contribution is 2.31. The first kappa shape index (κ1) is 13.3. The van der Waals surface area contributed by atoms with Crippen LogP contribution in [0.5, 0.6) is 23.0 Å². The molecular formula is C19H15O2. The Morgan fingerprint density at radius 1 is 0.571 bits per heavy atom. The van der Waals surface area contributed by atoms with Crippen molar-refractivity contribution in [3.63, 3.8) is 0 Å². The maximum Gasteiger partial charge on any atom is 0.134 e. The van der Waals surface area contributed by atoms with E-state index in [1.807, 2.05) is 78.9 Å². The molecule has 0 saturated heterocycles. The van der Waals surface area contributed by atoms with Gasteiger partial charge in [0.1, 0.15) is 23.0 Å². The van der Waals surface area contributed by atoms with E-state index in [1.165, 1.54) is 0 Å². The van der Waals surface area contributed by atoms with Crippen molar-refractivity contribution in [3.8, 4) is 23.0 Å². The molecule has 3 aromatic rings. The number of rotatable bonds is 4. The Hall–Kier alpha value is -2.74. The van der Waals surface area contributed by atoms with E-state index in [1.54, 1.807) is 0 Å². The molecule has 0 fully saturated rings. The predicted molar refractivity (Wildman–Crippen MR) is 83.9 cm³/mol. The molecule has 0 aliphatic rings. The molecule has 0 amide bonds. The van der Waals surface area contributed by atoms with E-state index < -0.39 is 0 Å². The van der Waals surface area contributed by atoms with Gasteiger partial charge in [-0.15, -0.1) is 0 Å². The smallest absolute Gasteiger partial charge is 0.134 e. The van der Waals surface area contributed by atoms with Crippen molar-refractivity contribution in [2.24, 2.45) is 0 Å². The summed E-state index contributed by atoms with van der Waals surface area (Å²) in [5.74, 6) is 2.98. The van der Waals surface area contributed by atoms with Crippen LogP contribution in [-0.4, -0.2) is 0 Å². The van der Waals surface area contributed by atoms with Gasteiger partial charge in [0.05, 0.1) is 0 Å². The van der Waals surface area contributed by atoms with E-state index in [9.17, 15) is 0 Å². The summed E-state index contributed by atoms with van der Waals surface area (Å²) in [4.78, 5) is 0. The van der Waals surface area contributed by atoms with Crippen LogP contribution in [0.1, 0.15) is 5.56 Å². The Morgan fingerprint density at radius 2 is 1.14 bits per heavy atom. The van der Waals surface area contributed by atoms with E-state index in [4.69, 9.17) is 9.47 Å².